The van der Waals surface area contributed by atoms with E-state index in [1.165, 1.54) is 0 Å². The zero-order chi connectivity index (χ0) is 15.2. The number of hydrogen-bond donors (Lipinski definition) is 1. The van der Waals surface area contributed by atoms with Gasteiger partial charge in [0, 0.05) is 26.6 Å². The molecule has 2 atom stereocenters. The lowest BCUT2D eigenvalue weighted by Gasteiger charge is -2.31. The molecule has 0 aromatic heterocycles. The third kappa shape index (κ3) is 5.80. The maximum absolute atomic E-state index is 12.2. The topological polar surface area (TPSA) is 55.6 Å². The molecule has 1 rings (SSSR count). The Balaban J connectivity index is 2.36. The highest BCUT2D eigenvalue weighted by atomic mass is 16.5. The predicted octanol–water partition coefficient (Wildman–Crippen LogP) is 2.42. The first-order chi connectivity index (χ1) is 9.34. The van der Waals surface area contributed by atoms with Crippen molar-refractivity contribution in [2.45, 2.75) is 59.0 Å². The van der Waals surface area contributed by atoms with Gasteiger partial charge >= 0.3 is 0 Å². The van der Waals surface area contributed by atoms with E-state index < -0.39 is 0 Å². The number of likely N-dealkylation sites (N-methyl/N-ethyl adjacent to an activating group) is 1. The van der Waals surface area contributed by atoms with Crippen LogP contribution in [0, 0.1) is 11.3 Å². The molecule has 118 valence electrons. The molecule has 1 amide bonds. The second-order valence-electron chi connectivity index (χ2n) is 7.09. The number of carbonyl (C=O) groups excluding carboxylic acids is 1. The van der Waals surface area contributed by atoms with Crippen LogP contribution in [0.2, 0.25) is 0 Å². The summed E-state index contributed by atoms with van der Waals surface area (Å²) < 4.78 is 5.58. The maximum Gasteiger partial charge on any atom is 0.222 e. The highest BCUT2D eigenvalue weighted by molar-refractivity contribution is 5.75. The molecule has 0 aromatic rings. The van der Waals surface area contributed by atoms with Gasteiger partial charge in [0.25, 0.3) is 0 Å². The second kappa shape index (κ2) is 7.99. The number of ether oxygens (including phenoxy) is 1. The average molecular weight is 284 g/mol. The average Bonchev–Trinajstić information content (AvgIpc) is 2.85. The molecule has 1 fully saturated rings. The van der Waals surface area contributed by atoms with Gasteiger partial charge in [-0.1, -0.05) is 20.8 Å². The number of rotatable bonds is 7. The normalized spacial score (nSPS) is 20.9. The fourth-order valence-corrected chi connectivity index (χ4v) is 2.90. The van der Waals surface area contributed by atoms with E-state index in [0.717, 1.165) is 38.8 Å². The fraction of sp³-hybridized carbons (Fsp3) is 0.938. The SMILES string of the molecule is CN(CC1CCCO1)C(=O)CCC(CCN)C(C)(C)C. The van der Waals surface area contributed by atoms with E-state index in [9.17, 15) is 4.79 Å². The summed E-state index contributed by atoms with van der Waals surface area (Å²) in [5.74, 6) is 0.736. The first-order valence-corrected chi connectivity index (χ1v) is 7.90. The Morgan fingerprint density at radius 2 is 2.10 bits per heavy atom. The molecule has 20 heavy (non-hydrogen) atoms. The number of amides is 1. The van der Waals surface area contributed by atoms with Gasteiger partial charge in [0.2, 0.25) is 5.91 Å². The van der Waals surface area contributed by atoms with E-state index in [1.54, 1.807) is 0 Å². The van der Waals surface area contributed by atoms with Crippen molar-refractivity contribution in [1.82, 2.24) is 4.90 Å². The number of carbonyl (C=O) groups is 1. The number of nitrogens with two attached hydrogens (primary N) is 1. The van der Waals surface area contributed by atoms with E-state index in [1.807, 2.05) is 11.9 Å². The molecule has 1 aliphatic heterocycles. The number of nitrogens with zero attached hydrogens (tertiary/aromatic N) is 1. The molecule has 4 heteroatoms. The summed E-state index contributed by atoms with van der Waals surface area (Å²) in [4.78, 5) is 14.0. The zero-order valence-electron chi connectivity index (χ0n) is 13.7. The molecule has 1 saturated heterocycles. The van der Waals surface area contributed by atoms with Gasteiger partial charge in [-0.15, -0.1) is 0 Å². The van der Waals surface area contributed by atoms with Crippen LogP contribution in [0.15, 0.2) is 0 Å². The standard InChI is InChI=1S/C16H32N2O2/c1-16(2,3)13(9-10-17)7-8-15(19)18(4)12-14-6-5-11-20-14/h13-14H,5-12,17H2,1-4H3. The highest BCUT2D eigenvalue weighted by Crippen LogP contribution is 2.32. The van der Waals surface area contributed by atoms with Crippen LogP contribution in [-0.2, 0) is 9.53 Å². The number of hydrogen-bond acceptors (Lipinski definition) is 3. The van der Waals surface area contributed by atoms with Crippen LogP contribution >= 0.6 is 0 Å². The van der Waals surface area contributed by atoms with Gasteiger partial charge in [-0.2, -0.15) is 0 Å². The minimum atomic E-state index is 0.215. The van der Waals surface area contributed by atoms with E-state index >= 15 is 0 Å². The lowest BCUT2D eigenvalue weighted by Crippen LogP contribution is -2.34. The Morgan fingerprint density at radius 3 is 2.60 bits per heavy atom. The molecular weight excluding hydrogens is 252 g/mol. The van der Waals surface area contributed by atoms with Gasteiger partial charge in [-0.05, 0) is 43.6 Å². The third-order valence-corrected chi connectivity index (χ3v) is 4.37. The van der Waals surface area contributed by atoms with E-state index in [0.29, 0.717) is 18.9 Å². The van der Waals surface area contributed by atoms with Crippen molar-refractivity contribution in [3.05, 3.63) is 0 Å². The zero-order valence-corrected chi connectivity index (χ0v) is 13.7. The van der Waals surface area contributed by atoms with Gasteiger partial charge in [0.15, 0.2) is 0 Å². The summed E-state index contributed by atoms with van der Waals surface area (Å²) in [5, 5.41) is 0. The molecule has 0 spiro atoms. The molecule has 0 aliphatic carbocycles. The maximum atomic E-state index is 12.2. The minimum absolute atomic E-state index is 0.215. The van der Waals surface area contributed by atoms with Crippen molar-refractivity contribution in [1.29, 1.82) is 0 Å². The molecular formula is C16H32N2O2. The van der Waals surface area contributed by atoms with E-state index in [4.69, 9.17) is 10.5 Å². The molecule has 0 saturated carbocycles. The van der Waals surface area contributed by atoms with Crippen LogP contribution < -0.4 is 5.73 Å². The van der Waals surface area contributed by atoms with Crippen LogP contribution in [0.25, 0.3) is 0 Å². The fourth-order valence-electron chi connectivity index (χ4n) is 2.90. The van der Waals surface area contributed by atoms with Crippen molar-refractivity contribution in [3.63, 3.8) is 0 Å². The van der Waals surface area contributed by atoms with Crippen molar-refractivity contribution in [2.75, 3.05) is 26.7 Å². The lowest BCUT2D eigenvalue weighted by molar-refractivity contribution is -0.131. The highest BCUT2D eigenvalue weighted by Gasteiger charge is 2.25. The first kappa shape index (κ1) is 17.4. The smallest absolute Gasteiger partial charge is 0.222 e. The molecule has 0 bridgehead atoms. The van der Waals surface area contributed by atoms with Crippen molar-refractivity contribution < 1.29 is 9.53 Å². The molecule has 1 aliphatic rings. The van der Waals surface area contributed by atoms with Gasteiger partial charge in [-0.3, -0.25) is 4.79 Å². The summed E-state index contributed by atoms with van der Waals surface area (Å²) in [7, 11) is 1.89. The Morgan fingerprint density at radius 1 is 1.40 bits per heavy atom. The van der Waals surface area contributed by atoms with Gasteiger partial charge < -0.3 is 15.4 Å². The van der Waals surface area contributed by atoms with Crippen LogP contribution in [0.1, 0.15) is 52.9 Å². The van der Waals surface area contributed by atoms with Crippen LogP contribution in [0.3, 0.4) is 0 Å². The summed E-state index contributed by atoms with van der Waals surface area (Å²) in [5.41, 5.74) is 5.90. The predicted molar refractivity (Wildman–Crippen MR) is 82.5 cm³/mol. The quantitative estimate of drug-likeness (QED) is 0.781. The molecule has 1 heterocycles. The van der Waals surface area contributed by atoms with Crippen LogP contribution in [0.4, 0.5) is 0 Å². The van der Waals surface area contributed by atoms with Gasteiger partial charge in [0.05, 0.1) is 6.10 Å². The summed E-state index contributed by atoms with van der Waals surface area (Å²) in [6, 6.07) is 0. The minimum Gasteiger partial charge on any atom is -0.376 e. The van der Waals surface area contributed by atoms with Gasteiger partial charge in [-0.25, -0.2) is 0 Å². The Hall–Kier alpha value is -0.610. The molecule has 0 radical (unpaired) electrons. The van der Waals surface area contributed by atoms with E-state index in [-0.39, 0.29) is 17.4 Å². The monoisotopic (exact) mass is 284 g/mol. The second-order valence-corrected chi connectivity index (χ2v) is 7.09. The van der Waals surface area contributed by atoms with Crippen LogP contribution in [-0.4, -0.2) is 43.7 Å². The Labute approximate surface area is 124 Å². The summed E-state index contributed by atoms with van der Waals surface area (Å²) >= 11 is 0. The van der Waals surface area contributed by atoms with Crippen molar-refractivity contribution in [2.24, 2.45) is 17.1 Å². The molecule has 4 nitrogen and oxygen atoms in total. The molecule has 2 unspecified atom stereocenters. The lowest BCUT2D eigenvalue weighted by atomic mass is 9.76. The van der Waals surface area contributed by atoms with Crippen LogP contribution in [0.5, 0.6) is 0 Å². The van der Waals surface area contributed by atoms with Crippen molar-refractivity contribution >= 4 is 5.91 Å². The van der Waals surface area contributed by atoms with Gasteiger partial charge in [0.1, 0.15) is 0 Å². The van der Waals surface area contributed by atoms with Crippen molar-refractivity contribution in [3.8, 4) is 0 Å². The summed E-state index contributed by atoms with van der Waals surface area (Å²) in [6.45, 7) is 8.96. The largest absolute Gasteiger partial charge is 0.376 e. The molecule has 2 N–H and O–H groups in total. The van der Waals surface area contributed by atoms with E-state index in [2.05, 4.69) is 20.8 Å². The first-order valence-electron chi connectivity index (χ1n) is 7.90. The third-order valence-electron chi connectivity index (χ3n) is 4.37. The Kier molecular flexibility index (Phi) is 6.96. The molecule has 0 aromatic carbocycles. The Bertz CT molecular complexity index is 293. The summed E-state index contributed by atoms with van der Waals surface area (Å²) in [6.07, 6.45) is 4.98.